The monoisotopic (exact) mass is 377 g/mol. The van der Waals surface area contributed by atoms with E-state index in [1.165, 1.54) is 57.8 Å². The number of carbonyl (C=O) groups excluding carboxylic acids is 1. The molecule has 0 aromatic rings. The third-order valence-electron chi connectivity index (χ3n) is 7.54. The molecule has 2 bridgehead atoms. The maximum Gasteiger partial charge on any atom is 0.220 e. The minimum atomic E-state index is -0.0823. The topological polar surface area (TPSA) is 53.6 Å². The summed E-state index contributed by atoms with van der Waals surface area (Å²) in [5.41, 5.74) is 0.0587. The lowest BCUT2D eigenvalue weighted by molar-refractivity contribution is -0.129. The van der Waals surface area contributed by atoms with Crippen molar-refractivity contribution in [1.82, 2.24) is 15.5 Å². The van der Waals surface area contributed by atoms with Crippen molar-refractivity contribution in [1.29, 1.82) is 0 Å². The van der Waals surface area contributed by atoms with Crippen LogP contribution in [0.15, 0.2) is 0 Å². The Kier molecular flexibility index (Phi) is 5.82. The second-order valence-electron chi connectivity index (χ2n) is 10.3. The third-order valence-corrected chi connectivity index (χ3v) is 7.54. The van der Waals surface area contributed by atoms with E-state index in [0.717, 1.165) is 32.7 Å². The molecule has 3 aliphatic heterocycles. The zero-order chi connectivity index (χ0) is 18.9. The number of hydrogen-bond acceptors (Lipinski definition) is 4. The van der Waals surface area contributed by atoms with E-state index in [4.69, 9.17) is 4.74 Å². The fraction of sp³-hybridized carbons (Fsp3) is 0.955. The number of morpholine rings is 1. The van der Waals surface area contributed by atoms with Crippen molar-refractivity contribution in [3.05, 3.63) is 0 Å². The number of carbonyl (C=O) groups is 1. The summed E-state index contributed by atoms with van der Waals surface area (Å²) in [5.74, 6) is 0.854. The van der Waals surface area contributed by atoms with E-state index in [2.05, 4.69) is 29.4 Å². The first-order chi connectivity index (χ1) is 12.9. The fourth-order valence-corrected chi connectivity index (χ4v) is 6.18. The van der Waals surface area contributed by atoms with Gasteiger partial charge < -0.3 is 15.4 Å². The van der Waals surface area contributed by atoms with Gasteiger partial charge in [0.1, 0.15) is 0 Å². The summed E-state index contributed by atoms with van der Waals surface area (Å²) in [6, 6.07) is 1.34. The predicted molar refractivity (Wildman–Crippen MR) is 108 cm³/mol. The van der Waals surface area contributed by atoms with Gasteiger partial charge >= 0.3 is 0 Å². The molecule has 2 unspecified atom stereocenters. The maximum absolute atomic E-state index is 12.8. The highest BCUT2D eigenvalue weighted by Crippen LogP contribution is 2.36. The number of ether oxygens (including phenoxy) is 1. The molecule has 0 aromatic heterocycles. The summed E-state index contributed by atoms with van der Waals surface area (Å²) in [4.78, 5) is 15.4. The van der Waals surface area contributed by atoms with Crippen molar-refractivity contribution < 1.29 is 9.53 Å². The highest BCUT2D eigenvalue weighted by atomic mass is 16.5. The van der Waals surface area contributed by atoms with Gasteiger partial charge in [0.2, 0.25) is 5.91 Å². The van der Waals surface area contributed by atoms with Crippen LogP contribution in [0, 0.1) is 5.92 Å². The molecule has 1 aliphatic carbocycles. The first kappa shape index (κ1) is 19.7. The van der Waals surface area contributed by atoms with E-state index in [9.17, 15) is 4.79 Å². The number of fused-ring (bicyclic) bond motifs is 2. The number of hydrogen-bond donors (Lipinski definition) is 2. The molecule has 4 aliphatic rings. The SMILES string of the molecule is CC1(C)CN(C2(CNC(=O)CC3CC4CCC(C3)N4)CCCCC2)CCO1. The number of amides is 1. The fourth-order valence-electron chi connectivity index (χ4n) is 6.18. The molecule has 5 heteroatoms. The normalized spacial score (nSPS) is 35.7. The minimum absolute atomic E-state index is 0.0823. The van der Waals surface area contributed by atoms with Crippen LogP contribution >= 0.6 is 0 Å². The highest BCUT2D eigenvalue weighted by molar-refractivity contribution is 5.76. The summed E-state index contributed by atoms with van der Waals surface area (Å²) in [6.45, 7) is 7.98. The Morgan fingerprint density at radius 1 is 1.15 bits per heavy atom. The molecule has 3 saturated heterocycles. The van der Waals surface area contributed by atoms with Crippen LogP contribution in [0.5, 0.6) is 0 Å². The van der Waals surface area contributed by atoms with Crippen LogP contribution in [-0.2, 0) is 9.53 Å². The van der Waals surface area contributed by atoms with E-state index >= 15 is 0 Å². The average molecular weight is 378 g/mol. The molecular formula is C22H39N3O2. The Labute approximate surface area is 165 Å². The first-order valence-electron chi connectivity index (χ1n) is 11.4. The van der Waals surface area contributed by atoms with Crippen molar-refractivity contribution in [2.45, 2.75) is 101 Å². The van der Waals surface area contributed by atoms with Crippen LogP contribution in [0.4, 0.5) is 0 Å². The summed E-state index contributed by atoms with van der Waals surface area (Å²) in [6.07, 6.45) is 12.0. The van der Waals surface area contributed by atoms with Gasteiger partial charge in [-0.2, -0.15) is 0 Å². The third kappa shape index (κ3) is 4.68. The summed E-state index contributed by atoms with van der Waals surface area (Å²) >= 11 is 0. The number of piperidine rings is 1. The molecule has 2 N–H and O–H groups in total. The quantitative estimate of drug-likeness (QED) is 0.774. The van der Waals surface area contributed by atoms with E-state index in [-0.39, 0.29) is 17.0 Å². The molecular weight excluding hydrogens is 338 g/mol. The standard InChI is InChI=1S/C22H39N3O2/c1-21(2)16-25(10-11-27-21)22(8-4-3-5-9-22)15-23-20(26)14-17-12-18-6-7-19(13-17)24-18/h17-19,24H,3-16H2,1-2H3,(H,23,26). The van der Waals surface area contributed by atoms with Crippen molar-refractivity contribution in [2.75, 3.05) is 26.2 Å². The number of nitrogens with zero attached hydrogens (tertiary/aromatic N) is 1. The molecule has 0 spiro atoms. The summed E-state index contributed by atoms with van der Waals surface area (Å²) < 4.78 is 5.95. The van der Waals surface area contributed by atoms with Crippen molar-refractivity contribution in [3.8, 4) is 0 Å². The Morgan fingerprint density at radius 3 is 2.52 bits per heavy atom. The van der Waals surface area contributed by atoms with E-state index < -0.39 is 0 Å². The Balaban J connectivity index is 1.33. The molecule has 4 rings (SSSR count). The lowest BCUT2D eigenvalue weighted by Gasteiger charge is -2.51. The largest absolute Gasteiger partial charge is 0.373 e. The first-order valence-corrected chi connectivity index (χ1v) is 11.4. The van der Waals surface area contributed by atoms with Crippen LogP contribution in [0.2, 0.25) is 0 Å². The smallest absolute Gasteiger partial charge is 0.220 e. The average Bonchev–Trinajstić information content (AvgIpc) is 2.98. The molecule has 0 radical (unpaired) electrons. The zero-order valence-corrected chi connectivity index (χ0v) is 17.4. The molecule has 154 valence electrons. The van der Waals surface area contributed by atoms with Crippen LogP contribution in [0.1, 0.15) is 78.1 Å². The van der Waals surface area contributed by atoms with Gasteiger partial charge in [0.25, 0.3) is 0 Å². The molecule has 1 amide bonds. The van der Waals surface area contributed by atoms with Gasteiger partial charge in [-0.25, -0.2) is 0 Å². The lowest BCUT2D eigenvalue weighted by Crippen LogP contribution is -2.63. The number of rotatable bonds is 5. The lowest BCUT2D eigenvalue weighted by atomic mass is 9.79. The highest BCUT2D eigenvalue weighted by Gasteiger charge is 2.42. The molecule has 0 aromatic carbocycles. The number of nitrogens with one attached hydrogen (secondary N) is 2. The van der Waals surface area contributed by atoms with Gasteiger partial charge in [0, 0.05) is 43.7 Å². The van der Waals surface area contributed by atoms with Crippen molar-refractivity contribution in [3.63, 3.8) is 0 Å². The van der Waals surface area contributed by atoms with Crippen LogP contribution < -0.4 is 10.6 Å². The Bertz CT molecular complexity index is 518. The van der Waals surface area contributed by atoms with E-state index in [1.807, 2.05) is 0 Å². The van der Waals surface area contributed by atoms with Crippen molar-refractivity contribution in [2.24, 2.45) is 5.92 Å². The van der Waals surface area contributed by atoms with Crippen LogP contribution in [0.3, 0.4) is 0 Å². The van der Waals surface area contributed by atoms with Gasteiger partial charge in [-0.15, -0.1) is 0 Å². The molecule has 2 atom stereocenters. The Morgan fingerprint density at radius 2 is 1.85 bits per heavy atom. The summed E-state index contributed by atoms with van der Waals surface area (Å²) in [7, 11) is 0. The van der Waals surface area contributed by atoms with Gasteiger partial charge in [-0.1, -0.05) is 19.3 Å². The van der Waals surface area contributed by atoms with E-state index in [1.54, 1.807) is 0 Å². The second-order valence-corrected chi connectivity index (χ2v) is 10.3. The van der Waals surface area contributed by atoms with Gasteiger partial charge in [0.05, 0.1) is 12.2 Å². The zero-order valence-electron chi connectivity index (χ0n) is 17.4. The minimum Gasteiger partial charge on any atom is -0.373 e. The van der Waals surface area contributed by atoms with Gasteiger partial charge in [-0.3, -0.25) is 9.69 Å². The molecule has 1 saturated carbocycles. The predicted octanol–water partition coefficient (Wildman–Crippen LogP) is 2.84. The van der Waals surface area contributed by atoms with E-state index in [0.29, 0.717) is 18.0 Å². The van der Waals surface area contributed by atoms with Crippen LogP contribution in [0.25, 0.3) is 0 Å². The van der Waals surface area contributed by atoms with Gasteiger partial charge in [0.15, 0.2) is 0 Å². The van der Waals surface area contributed by atoms with Crippen LogP contribution in [-0.4, -0.2) is 60.3 Å². The van der Waals surface area contributed by atoms with Crippen molar-refractivity contribution >= 4 is 5.91 Å². The van der Waals surface area contributed by atoms with Gasteiger partial charge in [-0.05, 0) is 58.3 Å². The maximum atomic E-state index is 12.8. The molecule has 27 heavy (non-hydrogen) atoms. The molecule has 5 nitrogen and oxygen atoms in total. The second kappa shape index (κ2) is 8.00. The molecule has 3 heterocycles. The molecule has 4 fully saturated rings. The Hall–Kier alpha value is -0.650. The summed E-state index contributed by atoms with van der Waals surface area (Å²) in [5, 5.41) is 7.06.